The molecule has 2 rings (SSSR count). The van der Waals surface area contributed by atoms with Gasteiger partial charge in [0.05, 0.1) is 19.6 Å². The van der Waals surface area contributed by atoms with Gasteiger partial charge in [-0.3, -0.25) is 10.1 Å². The summed E-state index contributed by atoms with van der Waals surface area (Å²) in [5.74, 6) is 0.350. The van der Waals surface area contributed by atoms with Gasteiger partial charge in [0.25, 0.3) is 0 Å². The van der Waals surface area contributed by atoms with E-state index in [2.05, 4.69) is 5.32 Å². The molecule has 96 valence electrons. The van der Waals surface area contributed by atoms with Crippen LogP contribution in [0.15, 0.2) is 24.3 Å². The summed E-state index contributed by atoms with van der Waals surface area (Å²) in [7, 11) is 1.60. The van der Waals surface area contributed by atoms with Crippen molar-refractivity contribution in [3.63, 3.8) is 0 Å². The Kier molecular flexibility index (Phi) is 3.50. The Hall–Kier alpha value is -2.04. The molecule has 0 aliphatic carbocycles. The van der Waals surface area contributed by atoms with Crippen LogP contribution in [-0.4, -0.2) is 30.5 Å². The molecule has 5 nitrogen and oxygen atoms in total. The number of hydrogen-bond donors (Lipinski definition) is 1. The van der Waals surface area contributed by atoms with Crippen LogP contribution < -0.4 is 10.1 Å². The van der Waals surface area contributed by atoms with Crippen LogP contribution in [0, 0.1) is 5.92 Å². The summed E-state index contributed by atoms with van der Waals surface area (Å²) in [6.45, 7) is 2.67. The number of carbonyl (C=O) groups is 2. The maximum Gasteiger partial charge on any atom is 0.324 e. The van der Waals surface area contributed by atoms with Gasteiger partial charge in [-0.25, -0.2) is 4.79 Å². The molecule has 1 aromatic rings. The molecule has 1 unspecified atom stereocenters. The monoisotopic (exact) mass is 248 g/mol. The fraction of sp³-hybridized carbons (Fsp3) is 0.385. The van der Waals surface area contributed by atoms with Crippen LogP contribution >= 0.6 is 0 Å². The molecule has 0 saturated carbocycles. The molecule has 1 N–H and O–H groups in total. The minimum Gasteiger partial charge on any atom is -0.496 e. The summed E-state index contributed by atoms with van der Waals surface area (Å²) in [4.78, 5) is 24.7. The second-order valence-corrected chi connectivity index (χ2v) is 4.39. The van der Waals surface area contributed by atoms with E-state index >= 15 is 0 Å². The Morgan fingerprint density at radius 2 is 2.11 bits per heavy atom. The number of methoxy groups -OCH3 is 1. The molecule has 1 aromatic carbocycles. The fourth-order valence-corrected chi connectivity index (χ4v) is 1.98. The van der Waals surface area contributed by atoms with E-state index in [4.69, 9.17) is 4.74 Å². The standard InChI is InChI=1S/C13H16N2O3/c1-9-7-15(13(17)14-12(9)16)8-10-5-3-4-6-11(10)18-2/h3-6,9H,7-8H2,1-2H3,(H,14,16,17). The average molecular weight is 248 g/mol. The first-order chi connectivity index (χ1) is 8.61. The Bertz CT molecular complexity index is 473. The number of amides is 3. The molecule has 1 saturated heterocycles. The zero-order valence-electron chi connectivity index (χ0n) is 10.5. The molecule has 0 aromatic heterocycles. The number of ether oxygens (including phenoxy) is 1. The predicted molar refractivity (Wildman–Crippen MR) is 66.1 cm³/mol. The van der Waals surface area contributed by atoms with Crippen LogP contribution in [0.2, 0.25) is 0 Å². The average Bonchev–Trinajstić information content (AvgIpc) is 2.36. The first-order valence-electron chi connectivity index (χ1n) is 5.83. The summed E-state index contributed by atoms with van der Waals surface area (Å²) in [6, 6.07) is 7.20. The minimum absolute atomic E-state index is 0.183. The van der Waals surface area contributed by atoms with Crippen LogP contribution in [0.3, 0.4) is 0 Å². The Balaban J connectivity index is 2.13. The van der Waals surface area contributed by atoms with E-state index in [0.29, 0.717) is 13.1 Å². The first kappa shape index (κ1) is 12.4. The number of urea groups is 1. The number of nitrogens with one attached hydrogen (secondary N) is 1. The van der Waals surface area contributed by atoms with Gasteiger partial charge in [-0.15, -0.1) is 0 Å². The third kappa shape index (κ3) is 2.45. The Morgan fingerprint density at radius 1 is 1.39 bits per heavy atom. The topological polar surface area (TPSA) is 58.6 Å². The first-order valence-corrected chi connectivity index (χ1v) is 5.83. The molecule has 1 fully saturated rings. The zero-order valence-corrected chi connectivity index (χ0v) is 10.5. The van der Waals surface area contributed by atoms with Gasteiger partial charge in [0.1, 0.15) is 5.75 Å². The Morgan fingerprint density at radius 3 is 2.83 bits per heavy atom. The summed E-state index contributed by atoms with van der Waals surface area (Å²) >= 11 is 0. The lowest BCUT2D eigenvalue weighted by Crippen LogP contribution is -2.53. The van der Waals surface area contributed by atoms with Crippen molar-refractivity contribution < 1.29 is 14.3 Å². The number of benzene rings is 1. The predicted octanol–water partition coefficient (Wildman–Crippen LogP) is 1.38. The zero-order chi connectivity index (χ0) is 13.1. The van der Waals surface area contributed by atoms with Crippen LogP contribution in [0.1, 0.15) is 12.5 Å². The van der Waals surface area contributed by atoms with E-state index in [9.17, 15) is 9.59 Å². The number of hydrogen-bond acceptors (Lipinski definition) is 3. The smallest absolute Gasteiger partial charge is 0.324 e. The quantitative estimate of drug-likeness (QED) is 0.879. The van der Waals surface area contributed by atoms with Crippen molar-refractivity contribution in [2.24, 2.45) is 5.92 Å². The molecule has 1 aliphatic heterocycles. The molecule has 0 spiro atoms. The van der Waals surface area contributed by atoms with Crippen LogP contribution in [-0.2, 0) is 11.3 Å². The van der Waals surface area contributed by atoms with Crippen LogP contribution in [0.5, 0.6) is 5.75 Å². The van der Waals surface area contributed by atoms with E-state index in [0.717, 1.165) is 11.3 Å². The van der Waals surface area contributed by atoms with E-state index in [-0.39, 0.29) is 17.9 Å². The van der Waals surface area contributed by atoms with Gasteiger partial charge in [0, 0.05) is 12.1 Å². The molecular weight excluding hydrogens is 232 g/mol. The van der Waals surface area contributed by atoms with Gasteiger partial charge in [-0.1, -0.05) is 25.1 Å². The normalized spacial score (nSPS) is 19.7. The van der Waals surface area contributed by atoms with Gasteiger partial charge >= 0.3 is 6.03 Å². The highest BCUT2D eigenvalue weighted by Crippen LogP contribution is 2.20. The van der Waals surface area contributed by atoms with E-state index in [1.54, 1.807) is 18.9 Å². The summed E-state index contributed by atoms with van der Waals surface area (Å²) in [5.41, 5.74) is 0.927. The largest absolute Gasteiger partial charge is 0.496 e. The van der Waals surface area contributed by atoms with Crippen molar-refractivity contribution in [2.45, 2.75) is 13.5 Å². The van der Waals surface area contributed by atoms with Gasteiger partial charge in [0.15, 0.2) is 0 Å². The second-order valence-electron chi connectivity index (χ2n) is 4.39. The molecule has 18 heavy (non-hydrogen) atoms. The maximum atomic E-state index is 11.7. The molecule has 5 heteroatoms. The highest BCUT2D eigenvalue weighted by molar-refractivity contribution is 5.97. The third-order valence-electron chi connectivity index (χ3n) is 3.01. The van der Waals surface area contributed by atoms with E-state index < -0.39 is 0 Å². The molecule has 0 bridgehead atoms. The van der Waals surface area contributed by atoms with Crippen LogP contribution in [0.4, 0.5) is 4.79 Å². The number of para-hydroxylation sites is 1. The summed E-state index contributed by atoms with van der Waals surface area (Å²) in [5, 5.41) is 2.34. The van der Waals surface area contributed by atoms with Gasteiger partial charge in [-0.2, -0.15) is 0 Å². The lowest BCUT2D eigenvalue weighted by atomic mass is 10.1. The summed E-state index contributed by atoms with van der Waals surface area (Å²) < 4.78 is 5.24. The van der Waals surface area contributed by atoms with Crippen molar-refractivity contribution in [1.29, 1.82) is 0 Å². The third-order valence-corrected chi connectivity index (χ3v) is 3.01. The summed E-state index contributed by atoms with van der Waals surface area (Å²) in [6.07, 6.45) is 0. The lowest BCUT2D eigenvalue weighted by molar-refractivity contribution is -0.125. The van der Waals surface area contributed by atoms with Crippen molar-refractivity contribution in [3.05, 3.63) is 29.8 Å². The molecule has 1 aliphatic rings. The number of carbonyl (C=O) groups excluding carboxylic acids is 2. The molecule has 0 radical (unpaired) electrons. The maximum absolute atomic E-state index is 11.7. The number of nitrogens with zero attached hydrogens (tertiary/aromatic N) is 1. The molecule has 1 atom stereocenters. The van der Waals surface area contributed by atoms with Crippen molar-refractivity contribution >= 4 is 11.9 Å². The number of rotatable bonds is 3. The van der Waals surface area contributed by atoms with Gasteiger partial charge in [0.2, 0.25) is 5.91 Å². The van der Waals surface area contributed by atoms with Crippen molar-refractivity contribution in [1.82, 2.24) is 10.2 Å². The Labute approximate surface area is 106 Å². The SMILES string of the molecule is COc1ccccc1CN1CC(C)C(=O)NC1=O. The van der Waals surface area contributed by atoms with E-state index in [1.165, 1.54) is 0 Å². The highest BCUT2D eigenvalue weighted by atomic mass is 16.5. The van der Waals surface area contributed by atoms with E-state index in [1.807, 2.05) is 24.3 Å². The lowest BCUT2D eigenvalue weighted by Gasteiger charge is -2.30. The van der Waals surface area contributed by atoms with Crippen molar-refractivity contribution in [2.75, 3.05) is 13.7 Å². The fourth-order valence-electron chi connectivity index (χ4n) is 1.98. The molecular formula is C13H16N2O3. The minimum atomic E-state index is -0.344. The number of imide groups is 1. The van der Waals surface area contributed by atoms with Gasteiger partial charge < -0.3 is 9.64 Å². The van der Waals surface area contributed by atoms with Crippen LogP contribution in [0.25, 0.3) is 0 Å². The molecule has 3 amide bonds. The highest BCUT2D eigenvalue weighted by Gasteiger charge is 2.29. The molecule has 1 heterocycles. The van der Waals surface area contributed by atoms with Crippen molar-refractivity contribution in [3.8, 4) is 5.75 Å². The van der Waals surface area contributed by atoms with Gasteiger partial charge in [-0.05, 0) is 6.07 Å². The second kappa shape index (κ2) is 5.08.